The second-order valence-corrected chi connectivity index (χ2v) is 19.5. The minimum absolute atomic E-state index is 0.0151. The predicted molar refractivity (Wildman–Crippen MR) is 245 cm³/mol. The number of aromatic nitrogens is 8. The van der Waals surface area contributed by atoms with Gasteiger partial charge in [0.2, 0.25) is 26.0 Å². The van der Waals surface area contributed by atoms with Crippen LogP contribution in [0.25, 0.3) is 0 Å². The van der Waals surface area contributed by atoms with Crippen molar-refractivity contribution in [2.75, 3.05) is 51.2 Å². The standard InChI is InChI=1S/C22H23F3N6O3S.C21H20F3N7O3S/c1-4-18(32)15-7-5-14(6-8-15)11-19-28-12-16(22(23,24)25)20(30-19)29-13-17-21(27-10-9-26-17)31(2)35(3,33)34;1-31(35(2,33)34)20-16(25-5-6-26-20)11-28-19-14(21(22,23)24)10-27-17(30-19)8-12-3-4-15-13(7-12)9-18(32)29-15/h5-10,12H,4,11,13H2,1-3H3,(H,28,29,30);3-7,10H,8-9,11H2,1-2H3,(H,29,32)(H,27,28,30). The van der Waals surface area contributed by atoms with Crippen LogP contribution in [-0.2, 0) is 69.5 Å². The molecule has 1 aliphatic rings. The van der Waals surface area contributed by atoms with Gasteiger partial charge in [-0.1, -0.05) is 43.3 Å². The first-order chi connectivity index (χ1) is 32.8. The van der Waals surface area contributed by atoms with Crippen LogP contribution < -0.4 is 24.6 Å². The quantitative estimate of drug-likeness (QED) is 0.0759. The number of nitrogens with zero attached hydrogens (tertiary/aromatic N) is 10. The van der Waals surface area contributed by atoms with Crippen molar-refractivity contribution >= 4 is 60.7 Å². The van der Waals surface area contributed by atoms with E-state index in [9.17, 15) is 52.8 Å². The molecule has 27 heteroatoms. The third kappa shape index (κ3) is 13.2. The first kappa shape index (κ1) is 52.0. The van der Waals surface area contributed by atoms with E-state index in [1.165, 1.54) is 38.9 Å². The lowest BCUT2D eigenvalue weighted by Gasteiger charge is -2.19. The Kier molecular flexibility index (Phi) is 15.6. The number of carbonyl (C=O) groups excluding carboxylic acids is 2. The summed E-state index contributed by atoms with van der Waals surface area (Å²) in [6, 6.07) is 12.0. The van der Waals surface area contributed by atoms with Gasteiger partial charge < -0.3 is 16.0 Å². The predicted octanol–water partition coefficient (Wildman–Crippen LogP) is 5.86. The van der Waals surface area contributed by atoms with E-state index in [-0.39, 0.29) is 78.7 Å². The highest BCUT2D eigenvalue weighted by Gasteiger charge is 2.37. The van der Waals surface area contributed by atoms with E-state index in [0.717, 1.165) is 32.2 Å². The van der Waals surface area contributed by atoms with E-state index < -0.39 is 55.2 Å². The van der Waals surface area contributed by atoms with Gasteiger partial charge in [-0.05, 0) is 22.8 Å². The second-order valence-electron chi connectivity index (χ2n) is 15.5. The molecule has 7 rings (SSSR count). The third-order valence-electron chi connectivity index (χ3n) is 10.3. The maximum atomic E-state index is 13.6. The number of sulfonamides is 2. The Hall–Kier alpha value is -7.42. The summed E-state index contributed by atoms with van der Waals surface area (Å²) in [6.07, 6.45) is -0.0631. The Labute approximate surface area is 397 Å². The monoisotopic (exact) mass is 1020 g/mol. The van der Waals surface area contributed by atoms with Crippen molar-refractivity contribution in [1.82, 2.24) is 39.9 Å². The van der Waals surface area contributed by atoms with E-state index >= 15 is 0 Å². The number of alkyl halides is 6. The molecule has 19 nitrogen and oxygen atoms in total. The number of anilines is 5. The fraction of sp³-hybridized carbons (Fsp3) is 0.302. The van der Waals surface area contributed by atoms with Crippen molar-refractivity contribution in [2.45, 2.75) is 58.0 Å². The zero-order valence-corrected chi connectivity index (χ0v) is 39.4. The Bertz CT molecular complexity index is 3130. The fourth-order valence-electron chi connectivity index (χ4n) is 6.61. The second kappa shape index (κ2) is 21.1. The molecule has 1 aliphatic heterocycles. The molecule has 0 radical (unpaired) electrons. The normalized spacial score (nSPS) is 12.6. The summed E-state index contributed by atoms with van der Waals surface area (Å²) in [5.74, 6) is -0.872. The molecule has 0 saturated heterocycles. The number of rotatable bonds is 16. The van der Waals surface area contributed by atoms with Gasteiger partial charge in [0.1, 0.15) is 45.8 Å². The molecule has 0 atom stereocenters. The summed E-state index contributed by atoms with van der Waals surface area (Å²) in [5, 5.41) is 7.93. The molecule has 3 N–H and O–H groups in total. The first-order valence-electron chi connectivity index (χ1n) is 20.7. The van der Waals surface area contributed by atoms with Crippen molar-refractivity contribution in [3.63, 3.8) is 0 Å². The number of Topliss-reactive ketones (excluding diaryl/α,β-unsaturated/α-hetero) is 1. The number of carbonyl (C=O) groups is 2. The van der Waals surface area contributed by atoms with Crippen molar-refractivity contribution in [1.29, 1.82) is 0 Å². The van der Waals surface area contributed by atoms with Gasteiger partial charge in [-0.25, -0.2) is 46.7 Å². The minimum atomic E-state index is -4.73. The number of nitrogens with one attached hydrogen (secondary N) is 3. The molecular formula is C43H43F6N13O6S2. The van der Waals surface area contributed by atoms with Gasteiger partial charge in [-0.2, -0.15) is 26.3 Å². The molecule has 0 fully saturated rings. The lowest BCUT2D eigenvalue weighted by atomic mass is 10.0. The Morgan fingerprint density at radius 3 is 1.56 bits per heavy atom. The van der Waals surface area contributed by atoms with Crippen LogP contribution in [0.15, 0.2) is 79.6 Å². The number of amides is 1. The number of fused-ring (bicyclic) bond motifs is 1. The van der Waals surface area contributed by atoms with E-state index in [1.54, 1.807) is 49.4 Å². The van der Waals surface area contributed by atoms with Crippen LogP contribution in [0.5, 0.6) is 0 Å². The first-order valence-corrected chi connectivity index (χ1v) is 24.4. The Balaban J connectivity index is 0.000000230. The van der Waals surface area contributed by atoms with Crippen LogP contribution in [0, 0.1) is 0 Å². The molecular weight excluding hydrogens is 973 g/mol. The lowest BCUT2D eigenvalue weighted by Crippen LogP contribution is -2.27. The number of halogens is 6. The van der Waals surface area contributed by atoms with Crippen LogP contribution in [0.1, 0.15) is 74.6 Å². The maximum absolute atomic E-state index is 13.6. The summed E-state index contributed by atoms with van der Waals surface area (Å²) in [5.41, 5.74) is 1.57. The van der Waals surface area contributed by atoms with E-state index in [1.807, 2.05) is 0 Å². The van der Waals surface area contributed by atoms with Gasteiger partial charge in [-0.15, -0.1) is 0 Å². The fourth-order valence-corrected chi connectivity index (χ4v) is 7.54. The summed E-state index contributed by atoms with van der Waals surface area (Å²) in [7, 11) is -4.80. The zero-order chi connectivity index (χ0) is 51.2. The molecule has 0 aliphatic carbocycles. The molecule has 0 spiro atoms. The Morgan fingerprint density at radius 2 is 1.11 bits per heavy atom. The summed E-state index contributed by atoms with van der Waals surface area (Å²) in [4.78, 5) is 55.3. The van der Waals surface area contributed by atoms with Gasteiger partial charge in [0.25, 0.3) is 0 Å². The van der Waals surface area contributed by atoms with Crippen LogP contribution >= 0.6 is 0 Å². The molecule has 2 aromatic carbocycles. The van der Waals surface area contributed by atoms with E-state index in [0.29, 0.717) is 35.6 Å². The third-order valence-corrected chi connectivity index (χ3v) is 12.7. The summed E-state index contributed by atoms with van der Waals surface area (Å²) < 4.78 is 131. The summed E-state index contributed by atoms with van der Waals surface area (Å²) in [6.45, 7) is 1.22. The van der Waals surface area contributed by atoms with Crippen molar-refractivity contribution in [3.05, 3.63) is 136 Å². The average Bonchev–Trinajstić information content (AvgIpc) is 3.68. The smallest absolute Gasteiger partial charge is 0.364 e. The molecule has 370 valence electrons. The van der Waals surface area contributed by atoms with Gasteiger partial charge in [0, 0.05) is 81.8 Å². The highest BCUT2D eigenvalue weighted by atomic mass is 32.2. The molecule has 6 aromatic rings. The molecule has 5 heterocycles. The van der Waals surface area contributed by atoms with Gasteiger partial charge in [-0.3, -0.25) is 28.2 Å². The zero-order valence-electron chi connectivity index (χ0n) is 37.8. The Morgan fingerprint density at radius 1 is 0.671 bits per heavy atom. The van der Waals surface area contributed by atoms with Crippen LogP contribution in [-0.4, -0.2) is 95.0 Å². The molecule has 1 amide bonds. The number of hydrogen-bond donors (Lipinski definition) is 3. The molecule has 0 saturated carbocycles. The molecule has 0 bridgehead atoms. The maximum Gasteiger partial charge on any atom is 0.421 e. The van der Waals surface area contributed by atoms with Crippen molar-refractivity contribution in [2.24, 2.45) is 0 Å². The molecule has 0 unspecified atom stereocenters. The SMILES string of the molecule is CCC(=O)c1ccc(Cc2ncc(C(F)(F)F)c(NCc3nccnc3N(C)S(C)(=O)=O)n2)cc1.CN(c1nccnc1CNc1nc(Cc2ccc3c(c2)CC(=O)N3)ncc1C(F)(F)F)S(C)(=O)=O. The van der Waals surface area contributed by atoms with Crippen LogP contribution in [0.2, 0.25) is 0 Å². The minimum Gasteiger partial charge on any atom is -0.364 e. The summed E-state index contributed by atoms with van der Waals surface area (Å²) >= 11 is 0. The van der Waals surface area contributed by atoms with Gasteiger partial charge >= 0.3 is 12.4 Å². The van der Waals surface area contributed by atoms with Crippen molar-refractivity contribution < 1.29 is 52.8 Å². The number of ketones is 1. The lowest BCUT2D eigenvalue weighted by molar-refractivity contribution is -0.138. The van der Waals surface area contributed by atoms with Crippen LogP contribution in [0.4, 0.5) is 55.3 Å². The number of benzene rings is 2. The van der Waals surface area contributed by atoms with Crippen molar-refractivity contribution in [3.8, 4) is 0 Å². The topological polar surface area (TPSA) is 248 Å². The highest BCUT2D eigenvalue weighted by molar-refractivity contribution is 7.92. The molecule has 4 aromatic heterocycles. The highest BCUT2D eigenvalue weighted by Crippen LogP contribution is 2.36. The van der Waals surface area contributed by atoms with Gasteiger partial charge in [0.05, 0.1) is 32.0 Å². The largest absolute Gasteiger partial charge is 0.421 e. The van der Waals surface area contributed by atoms with Crippen LogP contribution in [0.3, 0.4) is 0 Å². The molecule has 70 heavy (non-hydrogen) atoms. The number of hydrogen-bond acceptors (Lipinski definition) is 16. The van der Waals surface area contributed by atoms with E-state index in [2.05, 4.69) is 55.8 Å². The van der Waals surface area contributed by atoms with Gasteiger partial charge in [0.15, 0.2) is 17.4 Å². The average molecular weight is 1020 g/mol. The van der Waals surface area contributed by atoms with E-state index in [4.69, 9.17) is 0 Å².